The number of carbonyl (C=O) groups is 1. The molecule has 0 atom stereocenters. The molecule has 0 fully saturated rings. The highest BCUT2D eigenvalue weighted by atomic mass is 19.4. The number of allylic oxidation sites excluding steroid dienone is 1. The van der Waals surface area contributed by atoms with Gasteiger partial charge in [-0.2, -0.15) is 27.2 Å². The molecule has 0 rings (SSSR count). The van der Waals surface area contributed by atoms with E-state index in [0.29, 0.717) is 0 Å². The standard InChI is InChI=1S/C8H6F5NO3/c1-2-17-6(16)4(3-14)5(15)7(9,10)8(11,12)13/h15H,2H2,1H3/b5-4-. The first-order chi connectivity index (χ1) is 7.59. The maximum atomic E-state index is 12.6. The molecule has 0 aromatic carbocycles. The molecule has 17 heavy (non-hydrogen) atoms. The van der Waals surface area contributed by atoms with E-state index in [1.54, 1.807) is 0 Å². The van der Waals surface area contributed by atoms with Gasteiger partial charge in [0.25, 0.3) is 0 Å². The van der Waals surface area contributed by atoms with E-state index < -0.39 is 29.4 Å². The van der Waals surface area contributed by atoms with E-state index >= 15 is 0 Å². The Morgan fingerprint density at radius 1 is 1.35 bits per heavy atom. The number of carbonyl (C=O) groups excluding carboxylic acids is 1. The van der Waals surface area contributed by atoms with Crippen LogP contribution < -0.4 is 0 Å². The summed E-state index contributed by atoms with van der Waals surface area (Å²) in [5.74, 6) is -10.1. The summed E-state index contributed by atoms with van der Waals surface area (Å²) >= 11 is 0. The molecule has 0 heterocycles. The van der Waals surface area contributed by atoms with Crippen LogP contribution in [0.15, 0.2) is 11.3 Å². The molecule has 0 aromatic heterocycles. The number of hydrogen-bond acceptors (Lipinski definition) is 4. The van der Waals surface area contributed by atoms with Crippen LogP contribution in [0.2, 0.25) is 0 Å². The number of aliphatic hydroxyl groups excluding tert-OH is 1. The number of hydrogen-bond donors (Lipinski definition) is 1. The van der Waals surface area contributed by atoms with Gasteiger partial charge in [-0.1, -0.05) is 0 Å². The van der Waals surface area contributed by atoms with Crippen molar-refractivity contribution in [2.45, 2.75) is 19.0 Å². The van der Waals surface area contributed by atoms with Crippen molar-refractivity contribution in [2.75, 3.05) is 6.61 Å². The Balaban J connectivity index is 5.56. The SMILES string of the molecule is CCOC(=O)/C(C#N)=C(\O)C(F)(F)C(F)(F)F. The van der Waals surface area contributed by atoms with Crippen LogP contribution >= 0.6 is 0 Å². The number of halogens is 5. The van der Waals surface area contributed by atoms with Crippen molar-refractivity contribution < 1.29 is 36.6 Å². The third-order valence-corrected chi connectivity index (χ3v) is 1.48. The van der Waals surface area contributed by atoms with E-state index in [1.165, 1.54) is 6.92 Å². The van der Waals surface area contributed by atoms with Crippen molar-refractivity contribution >= 4 is 5.97 Å². The molecule has 96 valence electrons. The molecule has 0 bridgehead atoms. The molecule has 0 amide bonds. The van der Waals surface area contributed by atoms with E-state index in [1.807, 2.05) is 0 Å². The minimum Gasteiger partial charge on any atom is -0.505 e. The Morgan fingerprint density at radius 3 is 2.12 bits per heavy atom. The lowest BCUT2D eigenvalue weighted by Gasteiger charge is -2.19. The van der Waals surface area contributed by atoms with E-state index in [9.17, 15) is 26.7 Å². The number of ether oxygens (including phenoxy) is 1. The highest BCUT2D eigenvalue weighted by molar-refractivity contribution is 5.93. The second-order valence-electron chi connectivity index (χ2n) is 2.63. The van der Waals surface area contributed by atoms with E-state index in [0.717, 1.165) is 6.07 Å². The summed E-state index contributed by atoms with van der Waals surface area (Å²) in [5.41, 5.74) is -1.78. The Kier molecular flexibility index (Phi) is 4.44. The lowest BCUT2D eigenvalue weighted by atomic mass is 10.1. The zero-order valence-electron chi connectivity index (χ0n) is 8.31. The maximum Gasteiger partial charge on any atom is 0.461 e. The van der Waals surface area contributed by atoms with Crippen LogP contribution in [0, 0.1) is 11.3 Å². The van der Waals surface area contributed by atoms with Gasteiger partial charge in [0, 0.05) is 0 Å². The fourth-order valence-electron chi connectivity index (χ4n) is 0.690. The molecule has 0 saturated carbocycles. The summed E-state index contributed by atoms with van der Waals surface area (Å²) in [7, 11) is 0. The van der Waals surface area contributed by atoms with Crippen LogP contribution in [0.25, 0.3) is 0 Å². The number of esters is 1. The molecule has 0 aromatic rings. The minimum atomic E-state index is -6.12. The number of alkyl halides is 5. The van der Waals surface area contributed by atoms with Crippen LogP contribution in [0.4, 0.5) is 22.0 Å². The van der Waals surface area contributed by atoms with Crippen LogP contribution in [0.3, 0.4) is 0 Å². The number of rotatable bonds is 3. The lowest BCUT2D eigenvalue weighted by Crippen LogP contribution is -2.39. The van der Waals surface area contributed by atoms with Crippen LogP contribution in [0.1, 0.15) is 6.92 Å². The van der Waals surface area contributed by atoms with Crippen molar-refractivity contribution in [2.24, 2.45) is 0 Å². The van der Waals surface area contributed by atoms with Gasteiger partial charge in [0.05, 0.1) is 6.61 Å². The van der Waals surface area contributed by atoms with Gasteiger partial charge < -0.3 is 9.84 Å². The Bertz CT molecular complexity index is 380. The molecule has 0 radical (unpaired) electrons. The van der Waals surface area contributed by atoms with Gasteiger partial charge in [0.15, 0.2) is 11.3 Å². The van der Waals surface area contributed by atoms with Crippen molar-refractivity contribution in [3.05, 3.63) is 11.3 Å². The predicted octanol–water partition coefficient (Wildman–Crippen LogP) is 2.08. The summed E-state index contributed by atoms with van der Waals surface area (Å²) in [6.45, 7) is 0.890. The van der Waals surface area contributed by atoms with Crippen molar-refractivity contribution in [3.8, 4) is 6.07 Å². The number of aliphatic hydroxyl groups is 1. The molecule has 0 aliphatic heterocycles. The van der Waals surface area contributed by atoms with Gasteiger partial charge in [-0.3, -0.25) is 0 Å². The third-order valence-electron chi connectivity index (χ3n) is 1.48. The number of nitriles is 1. The first-order valence-electron chi connectivity index (χ1n) is 4.05. The van der Waals surface area contributed by atoms with E-state index in [-0.39, 0.29) is 6.61 Å². The first kappa shape index (κ1) is 15.2. The molecular weight excluding hydrogens is 253 g/mol. The van der Waals surface area contributed by atoms with Crippen LogP contribution in [-0.4, -0.2) is 29.8 Å². The average Bonchev–Trinajstić information content (AvgIpc) is 2.17. The quantitative estimate of drug-likeness (QED) is 0.277. The summed E-state index contributed by atoms with van der Waals surface area (Å²) in [5, 5.41) is 16.9. The van der Waals surface area contributed by atoms with Gasteiger partial charge in [-0.25, -0.2) is 4.79 Å². The smallest absolute Gasteiger partial charge is 0.461 e. The molecule has 9 heteroatoms. The van der Waals surface area contributed by atoms with Crippen molar-refractivity contribution in [3.63, 3.8) is 0 Å². The van der Waals surface area contributed by atoms with Gasteiger partial charge in [0.2, 0.25) is 0 Å². The zero-order chi connectivity index (χ0) is 13.9. The van der Waals surface area contributed by atoms with Gasteiger partial charge in [-0.05, 0) is 6.92 Å². The largest absolute Gasteiger partial charge is 0.505 e. The van der Waals surface area contributed by atoms with Crippen molar-refractivity contribution in [1.29, 1.82) is 5.26 Å². The summed E-state index contributed by atoms with van der Waals surface area (Å²) in [4.78, 5) is 10.8. The molecule has 0 aliphatic rings. The van der Waals surface area contributed by atoms with E-state index in [2.05, 4.69) is 4.74 Å². The second kappa shape index (κ2) is 4.99. The normalized spacial score (nSPS) is 13.7. The van der Waals surface area contributed by atoms with Gasteiger partial charge >= 0.3 is 18.1 Å². The monoisotopic (exact) mass is 259 g/mol. The van der Waals surface area contributed by atoms with Crippen LogP contribution in [0.5, 0.6) is 0 Å². The molecule has 0 unspecified atom stereocenters. The lowest BCUT2D eigenvalue weighted by molar-refractivity contribution is -0.274. The second-order valence-corrected chi connectivity index (χ2v) is 2.63. The van der Waals surface area contributed by atoms with Crippen LogP contribution in [-0.2, 0) is 9.53 Å². The Hall–Kier alpha value is -1.85. The fourth-order valence-corrected chi connectivity index (χ4v) is 0.690. The van der Waals surface area contributed by atoms with Crippen molar-refractivity contribution in [1.82, 2.24) is 0 Å². The average molecular weight is 259 g/mol. The highest BCUT2D eigenvalue weighted by Crippen LogP contribution is 2.41. The highest BCUT2D eigenvalue weighted by Gasteiger charge is 2.62. The molecule has 0 saturated heterocycles. The summed E-state index contributed by atoms with van der Waals surface area (Å²) < 4.78 is 64.7. The fraction of sp³-hybridized carbons (Fsp3) is 0.500. The predicted molar refractivity (Wildman–Crippen MR) is 42.9 cm³/mol. The molecule has 1 N–H and O–H groups in total. The third kappa shape index (κ3) is 3.05. The maximum absolute atomic E-state index is 12.6. The topological polar surface area (TPSA) is 70.3 Å². The molecule has 0 aliphatic carbocycles. The number of nitrogens with zero attached hydrogens (tertiary/aromatic N) is 1. The Labute approximate surface area is 91.9 Å². The first-order valence-corrected chi connectivity index (χ1v) is 4.05. The Morgan fingerprint density at radius 2 is 1.82 bits per heavy atom. The summed E-state index contributed by atoms with van der Waals surface area (Å²) in [6.07, 6.45) is -6.12. The van der Waals surface area contributed by atoms with E-state index in [4.69, 9.17) is 10.4 Å². The minimum absolute atomic E-state index is 0.352. The summed E-state index contributed by atoms with van der Waals surface area (Å²) in [6, 6.07) is 0.740. The molecule has 0 spiro atoms. The zero-order valence-corrected chi connectivity index (χ0v) is 8.31. The molecule has 4 nitrogen and oxygen atoms in total. The van der Waals surface area contributed by atoms with Gasteiger partial charge in [0.1, 0.15) is 6.07 Å². The van der Waals surface area contributed by atoms with Gasteiger partial charge in [-0.15, -0.1) is 0 Å². The molecular formula is C8H6F5NO3.